The minimum Gasteiger partial charge on any atom is -0.352 e. The van der Waals surface area contributed by atoms with Gasteiger partial charge in [-0.1, -0.05) is 13.8 Å². The first-order valence-corrected chi connectivity index (χ1v) is 6.48. The molecule has 3 heteroatoms. The summed E-state index contributed by atoms with van der Waals surface area (Å²) in [5.74, 6) is 0.673. The fourth-order valence-electron chi connectivity index (χ4n) is 1.68. The average Bonchev–Trinajstić information content (AvgIpc) is 2.16. The molecule has 0 aliphatic heterocycles. The Morgan fingerprint density at radius 2 is 1.38 bits per heavy atom. The van der Waals surface area contributed by atoms with Crippen LogP contribution in [0.3, 0.4) is 0 Å². The summed E-state index contributed by atoms with van der Waals surface area (Å²) in [5.41, 5.74) is 0. The molecule has 0 fully saturated rings. The maximum Gasteiger partial charge on any atom is 0.170 e. The van der Waals surface area contributed by atoms with E-state index in [2.05, 4.69) is 32.6 Å². The van der Waals surface area contributed by atoms with Crippen molar-refractivity contribution in [2.24, 2.45) is 5.92 Å². The zero-order valence-electron chi connectivity index (χ0n) is 11.8. The average molecular weight is 231 g/mol. The highest BCUT2D eigenvalue weighted by atomic mass is 16.7. The molecule has 0 saturated carbocycles. The first-order chi connectivity index (χ1) is 7.51. The Labute approximate surface area is 101 Å². The summed E-state index contributed by atoms with van der Waals surface area (Å²) in [6.45, 7) is 16.3. The van der Waals surface area contributed by atoms with Gasteiger partial charge in [-0.3, -0.25) is 4.90 Å². The lowest BCUT2D eigenvalue weighted by molar-refractivity contribution is -0.150. The number of hydrogen-bond donors (Lipinski definition) is 0. The summed E-state index contributed by atoms with van der Waals surface area (Å²) in [6, 6.07) is 0.533. The third-order valence-corrected chi connectivity index (χ3v) is 2.42. The van der Waals surface area contributed by atoms with Gasteiger partial charge in [0, 0.05) is 32.3 Å². The Morgan fingerprint density at radius 3 is 1.69 bits per heavy atom. The minimum absolute atomic E-state index is 0.0869. The molecule has 0 rings (SSSR count). The highest BCUT2D eigenvalue weighted by Gasteiger charge is 2.17. The van der Waals surface area contributed by atoms with Crippen molar-refractivity contribution in [1.29, 1.82) is 0 Å². The van der Waals surface area contributed by atoms with Gasteiger partial charge in [0.15, 0.2) is 6.29 Å². The van der Waals surface area contributed by atoms with E-state index in [0.717, 1.165) is 13.1 Å². The van der Waals surface area contributed by atoms with Crippen LogP contribution >= 0.6 is 0 Å². The van der Waals surface area contributed by atoms with Crippen molar-refractivity contribution in [2.75, 3.05) is 26.3 Å². The molecule has 0 atom stereocenters. The first kappa shape index (κ1) is 15.9. The topological polar surface area (TPSA) is 21.7 Å². The Morgan fingerprint density at radius 1 is 0.875 bits per heavy atom. The summed E-state index contributed by atoms with van der Waals surface area (Å²) in [7, 11) is 0. The summed E-state index contributed by atoms with van der Waals surface area (Å²) < 4.78 is 11.2. The molecule has 0 N–H and O–H groups in total. The fraction of sp³-hybridized carbons (Fsp3) is 1.00. The van der Waals surface area contributed by atoms with Crippen LogP contribution in [0.1, 0.15) is 41.5 Å². The zero-order chi connectivity index (χ0) is 12.6. The van der Waals surface area contributed by atoms with E-state index in [1.54, 1.807) is 0 Å². The fourth-order valence-corrected chi connectivity index (χ4v) is 1.68. The van der Waals surface area contributed by atoms with Gasteiger partial charge < -0.3 is 9.47 Å². The largest absolute Gasteiger partial charge is 0.352 e. The van der Waals surface area contributed by atoms with Crippen LogP contribution in [0.4, 0.5) is 0 Å². The zero-order valence-corrected chi connectivity index (χ0v) is 11.8. The van der Waals surface area contributed by atoms with Gasteiger partial charge >= 0.3 is 0 Å². The molecule has 0 aromatic heterocycles. The van der Waals surface area contributed by atoms with Crippen LogP contribution < -0.4 is 0 Å². The Balaban J connectivity index is 4.20. The molecule has 0 heterocycles. The highest BCUT2D eigenvalue weighted by molar-refractivity contribution is 4.66. The van der Waals surface area contributed by atoms with Crippen LogP contribution in [0.15, 0.2) is 0 Å². The maximum absolute atomic E-state index is 5.58. The van der Waals surface area contributed by atoms with Crippen molar-refractivity contribution in [3.8, 4) is 0 Å². The SMILES string of the molecule is CCOC(CN(CC(C)C)C(C)C)OCC. The lowest BCUT2D eigenvalue weighted by Crippen LogP contribution is -2.41. The van der Waals surface area contributed by atoms with Crippen molar-refractivity contribution in [2.45, 2.75) is 53.9 Å². The maximum atomic E-state index is 5.58. The second kappa shape index (κ2) is 8.97. The van der Waals surface area contributed by atoms with Gasteiger partial charge in [-0.15, -0.1) is 0 Å². The molecule has 0 aliphatic carbocycles. The Bertz CT molecular complexity index is 154. The van der Waals surface area contributed by atoms with Crippen molar-refractivity contribution in [3.63, 3.8) is 0 Å². The van der Waals surface area contributed by atoms with Crippen molar-refractivity contribution >= 4 is 0 Å². The van der Waals surface area contributed by atoms with E-state index in [-0.39, 0.29) is 6.29 Å². The van der Waals surface area contributed by atoms with Crippen LogP contribution in [-0.4, -0.2) is 43.5 Å². The molecular formula is C13H29NO2. The van der Waals surface area contributed by atoms with Crippen molar-refractivity contribution in [3.05, 3.63) is 0 Å². The van der Waals surface area contributed by atoms with Crippen LogP contribution in [-0.2, 0) is 9.47 Å². The van der Waals surface area contributed by atoms with Crippen LogP contribution in [0.2, 0.25) is 0 Å². The van der Waals surface area contributed by atoms with Crippen LogP contribution in [0, 0.1) is 5.92 Å². The van der Waals surface area contributed by atoms with E-state index in [4.69, 9.17) is 9.47 Å². The predicted octanol–water partition coefficient (Wildman–Crippen LogP) is 2.75. The Kier molecular flexibility index (Phi) is 8.90. The molecule has 0 aromatic rings. The molecule has 0 radical (unpaired) electrons. The molecule has 98 valence electrons. The second-order valence-corrected chi connectivity index (χ2v) is 4.78. The van der Waals surface area contributed by atoms with Gasteiger partial charge in [0.1, 0.15) is 0 Å². The predicted molar refractivity (Wildman–Crippen MR) is 68.6 cm³/mol. The van der Waals surface area contributed by atoms with Gasteiger partial charge in [-0.25, -0.2) is 0 Å². The molecule has 0 aliphatic rings. The van der Waals surface area contributed by atoms with E-state index in [1.165, 1.54) is 0 Å². The van der Waals surface area contributed by atoms with Gasteiger partial charge in [0.05, 0.1) is 0 Å². The van der Waals surface area contributed by atoms with Crippen LogP contribution in [0.5, 0.6) is 0 Å². The summed E-state index contributed by atoms with van der Waals surface area (Å²) in [5, 5.41) is 0. The summed E-state index contributed by atoms with van der Waals surface area (Å²) in [6.07, 6.45) is -0.0869. The molecule has 0 bridgehead atoms. The molecule has 0 aromatic carbocycles. The van der Waals surface area contributed by atoms with Crippen molar-refractivity contribution < 1.29 is 9.47 Å². The summed E-state index contributed by atoms with van der Waals surface area (Å²) >= 11 is 0. The van der Waals surface area contributed by atoms with E-state index in [1.807, 2.05) is 13.8 Å². The molecular weight excluding hydrogens is 202 g/mol. The number of nitrogens with zero attached hydrogens (tertiary/aromatic N) is 1. The normalized spacial score (nSPS) is 12.4. The molecule has 0 unspecified atom stereocenters. The molecule has 16 heavy (non-hydrogen) atoms. The lowest BCUT2D eigenvalue weighted by atomic mass is 10.2. The third kappa shape index (κ3) is 7.20. The van der Waals surface area contributed by atoms with Gasteiger partial charge in [0.25, 0.3) is 0 Å². The van der Waals surface area contributed by atoms with E-state index in [0.29, 0.717) is 25.2 Å². The monoisotopic (exact) mass is 231 g/mol. The third-order valence-electron chi connectivity index (χ3n) is 2.42. The minimum atomic E-state index is -0.0869. The smallest absolute Gasteiger partial charge is 0.170 e. The first-order valence-electron chi connectivity index (χ1n) is 6.48. The molecule has 0 saturated heterocycles. The van der Waals surface area contributed by atoms with Gasteiger partial charge in [0.2, 0.25) is 0 Å². The van der Waals surface area contributed by atoms with Crippen molar-refractivity contribution in [1.82, 2.24) is 4.90 Å². The molecule has 0 spiro atoms. The van der Waals surface area contributed by atoms with E-state index < -0.39 is 0 Å². The van der Waals surface area contributed by atoms with Gasteiger partial charge in [-0.2, -0.15) is 0 Å². The van der Waals surface area contributed by atoms with E-state index >= 15 is 0 Å². The standard InChI is InChI=1S/C13H29NO2/c1-7-15-13(16-8-2)10-14(12(5)6)9-11(3)4/h11-13H,7-10H2,1-6H3. The summed E-state index contributed by atoms with van der Waals surface area (Å²) in [4.78, 5) is 2.42. The van der Waals surface area contributed by atoms with Gasteiger partial charge in [-0.05, 0) is 33.6 Å². The Hall–Kier alpha value is -0.120. The number of hydrogen-bond acceptors (Lipinski definition) is 3. The lowest BCUT2D eigenvalue weighted by Gasteiger charge is -2.31. The second-order valence-electron chi connectivity index (χ2n) is 4.78. The number of rotatable bonds is 9. The number of ether oxygens (including phenoxy) is 2. The van der Waals surface area contributed by atoms with Crippen LogP contribution in [0.25, 0.3) is 0 Å². The molecule has 3 nitrogen and oxygen atoms in total. The highest BCUT2D eigenvalue weighted by Crippen LogP contribution is 2.07. The van der Waals surface area contributed by atoms with E-state index in [9.17, 15) is 0 Å². The molecule has 0 amide bonds. The quantitative estimate of drug-likeness (QED) is 0.570.